The largest absolute Gasteiger partial charge is 0.497 e. The number of benzene rings is 1. The number of aryl methyl sites for hydroxylation is 1. The Balaban J connectivity index is 1.64. The van der Waals surface area contributed by atoms with Gasteiger partial charge in [-0.1, -0.05) is 12.1 Å². The van der Waals surface area contributed by atoms with E-state index in [1.165, 1.54) is 5.56 Å². The van der Waals surface area contributed by atoms with Gasteiger partial charge in [-0.15, -0.1) is 10.2 Å². The van der Waals surface area contributed by atoms with E-state index in [2.05, 4.69) is 42.9 Å². The van der Waals surface area contributed by atoms with Crippen molar-refractivity contribution in [2.45, 2.75) is 12.6 Å². The number of hydrogen-bond donors (Lipinski definition) is 2. The lowest BCUT2D eigenvalue weighted by atomic mass is 10.0. The molecule has 1 fully saturated rings. The zero-order valence-electron chi connectivity index (χ0n) is 16.8. The Hall–Kier alpha value is -2.65. The van der Waals surface area contributed by atoms with Crippen LogP contribution in [0, 0.1) is 0 Å². The van der Waals surface area contributed by atoms with Gasteiger partial charge in [-0.05, 0) is 17.7 Å². The van der Waals surface area contributed by atoms with Gasteiger partial charge in [0.2, 0.25) is 0 Å². The summed E-state index contributed by atoms with van der Waals surface area (Å²) in [7, 11) is 5.37. The SMILES string of the molecule is CN=C(NCc1nncn1C)NCC(c1ccc(OC)cc1)N1CCOCC1. The minimum atomic E-state index is 0.211. The van der Waals surface area contributed by atoms with Crippen molar-refractivity contribution in [3.05, 3.63) is 42.0 Å². The normalized spacial score (nSPS) is 16.6. The van der Waals surface area contributed by atoms with Gasteiger partial charge in [-0.2, -0.15) is 0 Å². The average Bonchev–Trinajstić information content (AvgIpc) is 3.16. The lowest BCUT2D eigenvalue weighted by Gasteiger charge is -2.35. The Bertz CT molecular complexity index is 754. The number of aromatic nitrogens is 3. The van der Waals surface area contributed by atoms with Crippen molar-refractivity contribution in [2.75, 3.05) is 47.0 Å². The van der Waals surface area contributed by atoms with Crippen LogP contribution in [0.2, 0.25) is 0 Å². The van der Waals surface area contributed by atoms with E-state index in [-0.39, 0.29) is 6.04 Å². The molecular formula is C19H29N7O2. The van der Waals surface area contributed by atoms with Crippen molar-refractivity contribution in [1.82, 2.24) is 30.3 Å². The van der Waals surface area contributed by atoms with Gasteiger partial charge in [-0.3, -0.25) is 9.89 Å². The predicted octanol–water partition coefficient (Wildman–Crippen LogP) is 0.562. The Morgan fingerprint density at radius 2 is 2.00 bits per heavy atom. The van der Waals surface area contributed by atoms with Crippen molar-refractivity contribution in [1.29, 1.82) is 0 Å². The molecule has 2 N–H and O–H groups in total. The minimum absolute atomic E-state index is 0.211. The highest BCUT2D eigenvalue weighted by Gasteiger charge is 2.23. The van der Waals surface area contributed by atoms with Gasteiger partial charge in [0.1, 0.15) is 12.1 Å². The third-order valence-electron chi connectivity index (χ3n) is 4.89. The molecule has 0 saturated carbocycles. The zero-order chi connectivity index (χ0) is 19.8. The third-order valence-corrected chi connectivity index (χ3v) is 4.89. The lowest BCUT2D eigenvalue weighted by molar-refractivity contribution is 0.0170. The Morgan fingerprint density at radius 3 is 2.61 bits per heavy atom. The topological polar surface area (TPSA) is 88.8 Å². The van der Waals surface area contributed by atoms with E-state index in [0.717, 1.165) is 50.4 Å². The molecule has 0 amide bonds. The van der Waals surface area contributed by atoms with Crippen molar-refractivity contribution in [3.63, 3.8) is 0 Å². The van der Waals surface area contributed by atoms with Gasteiger partial charge in [0.25, 0.3) is 0 Å². The number of guanidine groups is 1. The molecular weight excluding hydrogens is 358 g/mol. The van der Waals surface area contributed by atoms with E-state index >= 15 is 0 Å². The maximum absolute atomic E-state index is 5.53. The number of methoxy groups -OCH3 is 1. The summed E-state index contributed by atoms with van der Waals surface area (Å²) in [5.74, 6) is 2.44. The molecule has 1 saturated heterocycles. The number of ether oxygens (including phenoxy) is 2. The van der Waals surface area contributed by atoms with Crippen LogP contribution in [0.3, 0.4) is 0 Å². The fourth-order valence-corrected chi connectivity index (χ4v) is 3.22. The standard InChI is InChI=1S/C19H29N7O2/c1-20-19(22-13-18-24-23-14-25(18)2)21-12-17(26-8-10-28-11-9-26)15-4-6-16(27-3)7-5-15/h4-7,14,17H,8-13H2,1-3H3,(H2,20,21,22). The molecule has 1 aliphatic rings. The van der Waals surface area contributed by atoms with E-state index in [9.17, 15) is 0 Å². The van der Waals surface area contributed by atoms with Crippen molar-refractivity contribution in [3.8, 4) is 5.75 Å². The summed E-state index contributed by atoms with van der Waals surface area (Å²) in [5.41, 5.74) is 1.24. The van der Waals surface area contributed by atoms with Crippen LogP contribution in [-0.2, 0) is 18.3 Å². The predicted molar refractivity (Wildman–Crippen MR) is 107 cm³/mol. The van der Waals surface area contributed by atoms with E-state index < -0.39 is 0 Å². The summed E-state index contributed by atoms with van der Waals surface area (Å²) in [4.78, 5) is 6.77. The van der Waals surface area contributed by atoms with Crippen molar-refractivity contribution < 1.29 is 9.47 Å². The summed E-state index contributed by atoms with van der Waals surface area (Å²) in [6, 6.07) is 8.46. The minimum Gasteiger partial charge on any atom is -0.497 e. The van der Waals surface area contributed by atoms with Gasteiger partial charge in [0, 0.05) is 33.7 Å². The quantitative estimate of drug-likeness (QED) is 0.530. The molecule has 0 bridgehead atoms. The summed E-state index contributed by atoms with van der Waals surface area (Å²) in [6.45, 7) is 4.61. The monoisotopic (exact) mass is 387 g/mol. The molecule has 2 aromatic rings. The molecule has 3 rings (SSSR count). The Kier molecular flexibility index (Phi) is 7.21. The van der Waals surface area contributed by atoms with E-state index in [0.29, 0.717) is 6.54 Å². The number of nitrogens with one attached hydrogen (secondary N) is 2. The van der Waals surface area contributed by atoms with Crippen LogP contribution in [0.25, 0.3) is 0 Å². The molecule has 1 aliphatic heterocycles. The summed E-state index contributed by atoms with van der Waals surface area (Å²) >= 11 is 0. The number of nitrogens with zero attached hydrogens (tertiary/aromatic N) is 5. The number of morpholine rings is 1. The van der Waals surface area contributed by atoms with Crippen LogP contribution in [0.4, 0.5) is 0 Å². The molecule has 1 aromatic heterocycles. The van der Waals surface area contributed by atoms with Crippen LogP contribution < -0.4 is 15.4 Å². The molecule has 0 aliphatic carbocycles. The van der Waals surface area contributed by atoms with Crippen molar-refractivity contribution >= 4 is 5.96 Å². The van der Waals surface area contributed by atoms with Gasteiger partial charge in [0.15, 0.2) is 11.8 Å². The van der Waals surface area contributed by atoms with Crippen LogP contribution >= 0.6 is 0 Å². The molecule has 1 atom stereocenters. The van der Waals surface area contributed by atoms with E-state index in [4.69, 9.17) is 9.47 Å². The molecule has 152 valence electrons. The molecule has 1 aromatic carbocycles. The van der Waals surface area contributed by atoms with Crippen LogP contribution in [0.1, 0.15) is 17.4 Å². The first kappa shape index (κ1) is 20.1. The highest BCUT2D eigenvalue weighted by atomic mass is 16.5. The molecule has 1 unspecified atom stereocenters. The summed E-state index contributed by atoms with van der Waals surface area (Å²) in [5, 5.41) is 14.7. The molecule has 9 heteroatoms. The van der Waals surface area contributed by atoms with Crippen LogP contribution in [0.5, 0.6) is 5.75 Å². The summed E-state index contributed by atoms with van der Waals surface area (Å²) < 4.78 is 12.7. The fourth-order valence-electron chi connectivity index (χ4n) is 3.22. The van der Waals surface area contributed by atoms with E-state index in [1.54, 1.807) is 20.5 Å². The number of rotatable bonds is 7. The number of hydrogen-bond acceptors (Lipinski definition) is 6. The van der Waals surface area contributed by atoms with Gasteiger partial charge < -0.3 is 24.7 Å². The summed E-state index contributed by atoms with van der Waals surface area (Å²) in [6.07, 6.45) is 1.69. The molecule has 9 nitrogen and oxygen atoms in total. The maximum Gasteiger partial charge on any atom is 0.191 e. The first-order valence-corrected chi connectivity index (χ1v) is 9.44. The second kappa shape index (κ2) is 10.0. The number of aliphatic imine (C=N–C) groups is 1. The Morgan fingerprint density at radius 1 is 1.25 bits per heavy atom. The molecule has 2 heterocycles. The lowest BCUT2D eigenvalue weighted by Crippen LogP contribution is -2.46. The maximum atomic E-state index is 5.53. The van der Waals surface area contributed by atoms with Gasteiger partial charge >= 0.3 is 0 Å². The highest BCUT2D eigenvalue weighted by Crippen LogP contribution is 2.23. The van der Waals surface area contributed by atoms with Gasteiger partial charge in [0.05, 0.1) is 32.9 Å². The molecule has 28 heavy (non-hydrogen) atoms. The van der Waals surface area contributed by atoms with Crippen molar-refractivity contribution in [2.24, 2.45) is 12.0 Å². The van der Waals surface area contributed by atoms with Crippen LogP contribution in [0.15, 0.2) is 35.6 Å². The first-order valence-electron chi connectivity index (χ1n) is 9.44. The second-order valence-electron chi connectivity index (χ2n) is 6.60. The average molecular weight is 387 g/mol. The zero-order valence-corrected chi connectivity index (χ0v) is 16.8. The highest BCUT2D eigenvalue weighted by molar-refractivity contribution is 5.79. The second-order valence-corrected chi connectivity index (χ2v) is 6.60. The van der Waals surface area contributed by atoms with Gasteiger partial charge in [-0.25, -0.2) is 0 Å². The van der Waals surface area contributed by atoms with E-state index in [1.807, 2.05) is 23.7 Å². The first-order chi connectivity index (χ1) is 13.7. The van der Waals surface area contributed by atoms with Crippen LogP contribution in [-0.4, -0.2) is 72.6 Å². The third kappa shape index (κ3) is 5.20. The molecule has 0 spiro atoms. The fraction of sp³-hybridized carbons (Fsp3) is 0.526. The molecule has 0 radical (unpaired) electrons. The Labute approximate surface area is 165 Å². The smallest absolute Gasteiger partial charge is 0.191 e.